The molecule has 0 amide bonds. The first-order valence-corrected chi connectivity index (χ1v) is 5.15. The first-order chi connectivity index (χ1) is 6.29. The van der Waals surface area contributed by atoms with Crippen molar-refractivity contribution in [1.82, 2.24) is 9.97 Å². The van der Waals surface area contributed by atoms with Crippen LogP contribution in [0.5, 0.6) is 0 Å². The maximum Gasteiger partial charge on any atom is 0.135 e. The summed E-state index contributed by atoms with van der Waals surface area (Å²) in [5.41, 5.74) is 2.99. The lowest BCUT2D eigenvalue weighted by molar-refractivity contribution is 0.431. The smallest absolute Gasteiger partial charge is 0.135 e. The largest absolute Gasteiger partial charge is 0.241 e. The van der Waals surface area contributed by atoms with Gasteiger partial charge in [0.2, 0.25) is 0 Å². The molecule has 1 aromatic heterocycles. The predicted octanol–water partition coefficient (Wildman–Crippen LogP) is 2.40. The normalized spacial score (nSPS) is 22.8. The van der Waals surface area contributed by atoms with Crippen LogP contribution in [0.4, 0.5) is 0 Å². The van der Waals surface area contributed by atoms with Gasteiger partial charge in [0.05, 0.1) is 0 Å². The third-order valence-electron chi connectivity index (χ3n) is 3.38. The Balaban J connectivity index is 2.06. The number of nitrogens with zero attached hydrogens (tertiary/aromatic N) is 2. The highest BCUT2D eigenvalue weighted by Crippen LogP contribution is 2.54. The quantitative estimate of drug-likeness (QED) is 0.593. The number of hydrogen-bond donors (Lipinski definition) is 0. The molecule has 1 spiro atoms. The first kappa shape index (κ1) is 7.74. The molecule has 2 aliphatic carbocycles. The molecule has 0 aromatic carbocycles. The highest BCUT2D eigenvalue weighted by Gasteiger charge is 2.45. The van der Waals surface area contributed by atoms with Gasteiger partial charge in [-0.1, -0.05) is 11.6 Å². The Morgan fingerprint density at radius 3 is 2.85 bits per heavy atom. The van der Waals surface area contributed by atoms with Crippen molar-refractivity contribution in [2.45, 2.75) is 32.1 Å². The van der Waals surface area contributed by atoms with Gasteiger partial charge in [0.25, 0.3) is 0 Å². The second kappa shape index (κ2) is 2.44. The van der Waals surface area contributed by atoms with Crippen LogP contribution in [-0.4, -0.2) is 9.97 Å². The van der Waals surface area contributed by atoms with Crippen molar-refractivity contribution in [3.8, 4) is 0 Å². The molecule has 0 saturated heterocycles. The standard InChI is InChI=1S/C10H11ClN2/c11-9-7-5-10(3-4-10)2-1-8(7)12-6-13-9/h6H,1-5H2. The molecule has 0 atom stereocenters. The number of rotatable bonds is 0. The second-order valence-electron chi connectivity index (χ2n) is 4.27. The van der Waals surface area contributed by atoms with Crippen LogP contribution in [0.2, 0.25) is 5.15 Å². The number of aromatic nitrogens is 2. The molecule has 0 unspecified atom stereocenters. The van der Waals surface area contributed by atoms with Gasteiger partial charge in [0.1, 0.15) is 11.5 Å². The van der Waals surface area contributed by atoms with Crippen molar-refractivity contribution < 1.29 is 0 Å². The molecule has 0 radical (unpaired) electrons. The zero-order chi connectivity index (χ0) is 8.89. The molecule has 0 bridgehead atoms. The Hall–Kier alpha value is -0.630. The highest BCUT2D eigenvalue weighted by molar-refractivity contribution is 6.30. The third-order valence-corrected chi connectivity index (χ3v) is 3.71. The van der Waals surface area contributed by atoms with Crippen molar-refractivity contribution in [2.75, 3.05) is 0 Å². The lowest BCUT2D eigenvalue weighted by atomic mass is 9.85. The first-order valence-electron chi connectivity index (χ1n) is 4.77. The molecule has 2 aliphatic rings. The topological polar surface area (TPSA) is 25.8 Å². The van der Waals surface area contributed by atoms with Gasteiger partial charge in [0, 0.05) is 11.3 Å². The molecule has 1 fully saturated rings. The minimum atomic E-state index is 0.599. The molecule has 1 aromatic rings. The van der Waals surface area contributed by atoms with E-state index in [1.165, 1.54) is 30.5 Å². The van der Waals surface area contributed by atoms with Crippen LogP contribution in [0.3, 0.4) is 0 Å². The van der Waals surface area contributed by atoms with Crippen molar-refractivity contribution >= 4 is 11.6 Å². The van der Waals surface area contributed by atoms with Crippen LogP contribution in [0.25, 0.3) is 0 Å². The molecule has 1 heterocycles. The van der Waals surface area contributed by atoms with E-state index in [2.05, 4.69) is 9.97 Å². The number of aryl methyl sites for hydroxylation is 1. The van der Waals surface area contributed by atoms with Crippen LogP contribution in [-0.2, 0) is 12.8 Å². The van der Waals surface area contributed by atoms with Gasteiger partial charge in [-0.25, -0.2) is 9.97 Å². The summed E-state index contributed by atoms with van der Waals surface area (Å²) >= 11 is 6.05. The summed E-state index contributed by atoms with van der Waals surface area (Å²) in [6.45, 7) is 0. The van der Waals surface area contributed by atoms with Crippen molar-refractivity contribution in [3.05, 3.63) is 22.7 Å². The fourth-order valence-electron chi connectivity index (χ4n) is 2.27. The van der Waals surface area contributed by atoms with E-state index in [0.29, 0.717) is 10.6 Å². The van der Waals surface area contributed by atoms with Crippen molar-refractivity contribution in [2.24, 2.45) is 5.41 Å². The number of halogens is 1. The summed E-state index contributed by atoms with van der Waals surface area (Å²) in [5.74, 6) is 0. The second-order valence-corrected chi connectivity index (χ2v) is 4.62. The van der Waals surface area contributed by atoms with Crippen molar-refractivity contribution in [3.63, 3.8) is 0 Å². The number of hydrogen-bond acceptors (Lipinski definition) is 2. The van der Waals surface area contributed by atoms with Gasteiger partial charge in [0.15, 0.2) is 0 Å². The Labute approximate surface area is 82.4 Å². The van der Waals surface area contributed by atoms with Gasteiger partial charge in [-0.2, -0.15) is 0 Å². The predicted molar refractivity (Wildman–Crippen MR) is 50.7 cm³/mol. The Morgan fingerprint density at radius 2 is 2.08 bits per heavy atom. The summed E-state index contributed by atoms with van der Waals surface area (Å²) in [5, 5.41) is 0.677. The molecule has 3 rings (SSSR count). The van der Waals surface area contributed by atoms with E-state index in [4.69, 9.17) is 11.6 Å². The van der Waals surface area contributed by atoms with Crippen LogP contribution >= 0.6 is 11.6 Å². The van der Waals surface area contributed by atoms with Gasteiger partial charge < -0.3 is 0 Å². The van der Waals surface area contributed by atoms with Gasteiger partial charge in [-0.3, -0.25) is 0 Å². The fourth-order valence-corrected chi connectivity index (χ4v) is 2.48. The zero-order valence-electron chi connectivity index (χ0n) is 7.39. The molecule has 1 saturated carbocycles. The summed E-state index contributed by atoms with van der Waals surface area (Å²) in [4.78, 5) is 8.32. The zero-order valence-corrected chi connectivity index (χ0v) is 8.14. The highest BCUT2D eigenvalue weighted by atomic mass is 35.5. The van der Waals surface area contributed by atoms with E-state index in [-0.39, 0.29) is 0 Å². The monoisotopic (exact) mass is 194 g/mol. The summed E-state index contributed by atoms with van der Waals surface area (Å²) in [6.07, 6.45) is 7.83. The molecule has 3 heteroatoms. The lowest BCUT2D eigenvalue weighted by Crippen LogP contribution is -2.17. The minimum Gasteiger partial charge on any atom is -0.241 e. The fraction of sp³-hybridized carbons (Fsp3) is 0.600. The summed E-state index contributed by atoms with van der Waals surface area (Å²) < 4.78 is 0. The Kier molecular flexibility index (Phi) is 1.46. The van der Waals surface area contributed by atoms with E-state index in [1.807, 2.05) is 0 Å². The molecule has 2 nitrogen and oxygen atoms in total. The summed E-state index contributed by atoms with van der Waals surface area (Å²) in [7, 11) is 0. The van der Waals surface area contributed by atoms with Crippen molar-refractivity contribution in [1.29, 1.82) is 0 Å². The summed E-state index contributed by atoms with van der Waals surface area (Å²) in [6, 6.07) is 0. The third kappa shape index (κ3) is 1.16. The molecular weight excluding hydrogens is 184 g/mol. The van der Waals surface area contributed by atoms with E-state index in [9.17, 15) is 0 Å². The Bertz CT molecular complexity index is 358. The Morgan fingerprint density at radius 1 is 1.23 bits per heavy atom. The molecular formula is C10H11ClN2. The molecule has 0 aliphatic heterocycles. The molecule has 68 valence electrons. The lowest BCUT2D eigenvalue weighted by Gasteiger charge is -2.23. The minimum absolute atomic E-state index is 0.599. The van der Waals surface area contributed by atoms with Crippen LogP contribution in [0.15, 0.2) is 6.33 Å². The van der Waals surface area contributed by atoms with Gasteiger partial charge >= 0.3 is 0 Å². The maximum atomic E-state index is 6.05. The average Bonchev–Trinajstić information content (AvgIpc) is 2.88. The van der Waals surface area contributed by atoms with Crippen LogP contribution < -0.4 is 0 Å². The maximum absolute atomic E-state index is 6.05. The van der Waals surface area contributed by atoms with E-state index in [1.54, 1.807) is 6.33 Å². The van der Waals surface area contributed by atoms with Crippen LogP contribution in [0.1, 0.15) is 30.5 Å². The molecule has 13 heavy (non-hydrogen) atoms. The number of fused-ring (bicyclic) bond motifs is 1. The van der Waals surface area contributed by atoms with E-state index in [0.717, 1.165) is 12.8 Å². The van der Waals surface area contributed by atoms with E-state index >= 15 is 0 Å². The SMILES string of the molecule is Clc1ncnc2c1CC1(CC2)CC1. The van der Waals surface area contributed by atoms with Gasteiger partial charge in [-0.15, -0.1) is 0 Å². The average molecular weight is 195 g/mol. The van der Waals surface area contributed by atoms with E-state index < -0.39 is 0 Å². The molecule has 0 N–H and O–H groups in total. The van der Waals surface area contributed by atoms with Gasteiger partial charge in [-0.05, 0) is 37.5 Å². The van der Waals surface area contributed by atoms with Crippen LogP contribution in [0, 0.1) is 5.41 Å².